The third kappa shape index (κ3) is 1.24. The predicted octanol–water partition coefficient (Wildman–Crippen LogP) is 1.56. The van der Waals surface area contributed by atoms with E-state index in [2.05, 4.69) is 4.90 Å². The third-order valence-electron chi connectivity index (χ3n) is 3.57. The Kier molecular flexibility index (Phi) is 1.19. The topological polar surface area (TPSA) is 12.5 Å². The molecule has 2 nitrogen and oxygen atoms in total. The summed E-state index contributed by atoms with van der Waals surface area (Å²) >= 11 is 1.15. The monoisotopic (exact) mass is 203 g/mol. The zero-order valence-electron chi connectivity index (χ0n) is 11.6. The Morgan fingerprint density at radius 1 is 1.62 bits per heavy atom. The van der Waals surface area contributed by atoms with Crippen molar-refractivity contribution >= 4 is 11.8 Å². The van der Waals surface area contributed by atoms with Gasteiger partial charge in [-0.1, -0.05) is 0 Å². The fourth-order valence-electron chi connectivity index (χ4n) is 2.84. The zero-order valence-corrected chi connectivity index (χ0v) is 8.40. The SMILES string of the molecule is [2H]C([2H])([2H])C1([2H])OC2(CS1)CN1CCC2CC1. The number of ether oxygens (including phenoxy) is 1. The van der Waals surface area contributed by atoms with Gasteiger partial charge in [0.05, 0.1) is 6.97 Å². The van der Waals surface area contributed by atoms with Crippen molar-refractivity contribution < 1.29 is 10.2 Å². The van der Waals surface area contributed by atoms with E-state index in [9.17, 15) is 0 Å². The molecule has 0 aliphatic carbocycles. The van der Waals surface area contributed by atoms with Gasteiger partial charge in [-0.3, -0.25) is 0 Å². The van der Waals surface area contributed by atoms with Gasteiger partial charge in [0, 0.05) is 16.4 Å². The number of rotatable bonds is 0. The molecule has 2 bridgehead atoms. The van der Waals surface area contributed by atoms with E-state index in [0.717, 1.165) is 44.2 Å². The minimum atomic E-state index is -2.37. The first kappa shape index (κ1) is 5.38. The van der Waals surface area contributed by atoms with Crippen molar-refractivity contribution in [2.45, 2.75) is 30.7 Å². The molecule has 13 heavy (non-hydrogen) atoms. The van der Waals surface area contributed by atoms with E-state index in [4.69, 9.17) is 10.2 Å². The predicted molar refractivity (Wildman–Crippen MR) is 54.9 cm³/mol. The number of piperidine rings is 3. The van der Waals surface area contributed by atoms with Gasteiger partial charge < -0.3 is 9.64 Å². The molecule has 4 aliphatic heterocycles. The van der Waals surface area contributed by atoms with Crippen molar-refractivity contribution in [3.05, 3.63) is 0 Å². The average Bonchev–Trinajstić information content (AvgIpc) is 2.58. The van der Waals surface area contributed by atoms with Gasteiger partial charge >= 0.3 is 0 Å². The second-order valence-electron chi connectivity index (χ2n) is 4.29. The van der Waals surface area contributed by atoms with Crippen molar-refractivity contribution in [3.63, 3.8) is 0 Å². The fourth-order valence-corrected chi connectivity index (χ4v) is 3.82. The Morgan fingerprint density at radius 2 is 2.46 bits per heavy atom. The Labute approximate surface area is 89.6 Å². The maximum atomic E-state index is 8.03. The molecule has 0 saturated carbocycles. The lowest BCUT2D eigenvalue weighted by atomic mass is 9.76. The lowest BCUT2D eigenvalue weighted by Crippen LogP contribution is -2.60. The lowest BCUT2D eigenvalue weighted by Gasteiger charge is -2.50. The van der Waals surface area contributed by atoms with Gasteiger partial charge in [0.1, 0.15) is 5.41 Å². The summed E-state index contributed by atoms with van der Waals surface area (Å²) in [5.41, 5.74) is -2.14. The maximum absolute atomic E-state index is 8.03. The summed E-state index contributed by atoms with van der Waals surface area (Å²) in [5.74, 6) is 1.09. The number of hydrogen-bond donors (Lipinski definition) is 0. The van der Waals surface area contributed by atoms with Gasteiger partial charge in [0.25, 0.3) is 0 Å². The van der Waals surface area contributed by atoms with Crippen molar-refractivity contribution in [2.75, 3.05) is 25.4 Å². The van der Waals surface area contributed by atoms with Gasteiger partial charge in [-0.05, 0) is 38.7 Å². The van der Waals surface area contributed by atoms with Gasteiger partial charge in [0.15, 0.2) is 0 Å². The van der Waals surface area contributed by atoms with E-state index in [1.54, 1.807) is 0 Å². The molecule has 3 heteroatoms. The molecule has 4 fully saturated rings. The lowest BCUT2D eigenvalue weighted by molar-refractivity contribution is -0.133. The van der Waals surface area contributed by atoms with Crippen molar-refractivity contribution in [3.8, 4) is 0 Å². The van der Waals surface area contributed by atoms with Crippen molar-refractivity contribution in [1.29, 1.82) is 0 Å². The van der Waals surface area contributed by atoms with E-state index in [1.165, 1.54) is 0 Å². The van der Waals surface area contributed by atoms with Crippen LogP contribution in [0.2, 0.25) is 0 Å². The summed E-state index contributed by atoms with van der Waals surface area (Å²) in [6.07, 6.45) is 2.16. The fraction of sp³-hybridized carbons (Fsp3) is 1.00. The molecule has 0 aromatic rings. The first-order valence-corrected chi connectivity index (χ1v) is 5.90. The van der Waals surface area contributed by atoms with Gasteiger partial charge in [-0.2, -0.15) is 0 Å². The Hall–Kier alpha value is 0.270. The van der Waals surface area contributed by atoms with Crippen molar-refractivity contribution in [2.24, 2.45) is 5.92 Å². The summed E-state index contributed by atoms with van der Waals surface area (Å²) in [6.45, 7) is 0.632. The van der Waals surface area contributed by atoms with Crippen LogP contribution in [-0.4, -0.2) is 41.3 Å². The molecule has 1 spiro atoms. The Morgan fingerprint density at radius 3 is 3.00 bits per heavy atom. The second kappa shape index (κ2) is 2.88. The molecule has 4 saturated heterocycles. The molecule has 4 rings (SSSR count). The first-order valence-electron chi connectivity index (χ1n) is 6.91. The highest BCUT2D eigenvalue weighted by Gasteiger charge is 2.51. The van der Waals surface area contributed by atoms with Gasteiger partial charge in [-0.15, -0.1) is 11.8 Å². The third-order valence-corrected chi connectivity index (χ3v) is 4.54. The van der Waals surface area contributed by atoms with E-state index in [0.29, 0.717) is 11.7 Å². The summed E-state index contributed by atoms with van der Waals surface area (Å²) in [5, 5.41) is 0. The smallest absolute Gasteiger partial charge is 0.101 e. The highest BCUT2D eigenvalue weighted by Crippen LogP contribution is 2.46. The number of hydrogen-bond acceptors (Lipinski definition) is 3. The number of thioether (sulfide) groups is 1. The van der Waals surface area contributed by atoms with Crippen LogP contribution in [0.15, 0.2) is 0 Å². The van der Waals surface area contributed by atoms with Gasteiger partial charge in [-0.25, -0.2) is 0 Å². The van der Waals surface area contributed by atoms with Crippen LogP contribution in [0.4, 0.5) is 0 Å². The van der Waals surface area contributed by atoms with E-state index in [-0.39, 0.29) is 5.60 Å². The molecule has 0 aromatic heterocycles. The van der Waals surface area contributed by atoms with Crippen LogP contribution in [0.1, 0.15) is 25.2 Å². The normalized spacial score (nSPS) is 65.8. The van der Waals surface area contributed by atoms with E-state index in [1.807, 2.05) is 0 Å². The van der Waals surface area contributed by atoms with Crippen LogP contribution in [-0.2, 0) is 4.74 Å². The highest BCUT2D eigenvalue weighted by atomic mass is 32.2. The summed E-state index contributed by atoms with van der Waals surface area (Å²) in [7, 11) is 0. The minimum Gasteiger partial charge on any atom is -0.359 e. The minimum absolute atomic E-state index is 0.378. The van der Waals surface area contributed by atoms with Crippen molar-refractivity contribution in [1.82, 2.24) is 4.90 Å². The standard InChI is InChI=1S/C10H17NOS/c1-8-12-10(7-13-8)6-11-4-2-9(10)3-5-11/h8-9H,2-7H2,1H3/i1D3,8D. The highest BCUT2D eigenvalue weighted by molar-refractivity contribution is 8.00. The largest absolute Gasteiger partial charge is 0.359 e. The van der Waals surface area contributed by atoms with Crippen LogP contribution in [0.25, 0.3) is 0 Å². The van der Waals surface area contributed by atoms with Crippen LogP contribution in [0, 0.1) is 5.92 Å². The summed E-state index contributed by atoms with van der Waals surface area (Å²) < 4.78 is 36.2. The van der Waals surface area contributed by atoms with E-state index < -0.39 is 12.3 Å². The molecule has 74 valence electrons. The Bertz CT molecular complexity index is 331. The molecule has 2 unspecified atom stereocenters. The molecule has 4 heterocycles. The molecule has 0 radical (unpaired) electrons. The van der Waals surface area contributed by atoms with Crippen LogP contribution < -0.4 is 0 Å². The Balaban J connectivity index is 1.84. The first-order chi connectivity index (χ1) is 7.85. The van der Waals surface area contributed by atoms with Crippen LogP contribution in [0.3, 0.4) is 0 Å². The number of fused-ring (bicyclic) bond motifs is 2. The van der Waals surface area contributed by atoms with Crippen LogP contribution >= 0.6 is 11.8 Å². The molecule has 4 aliphatic rings. The molecule has 0 amide bonds. The second-order valence-corrected chi connectivity index (χ2v) is 5.24. The van der Waals surface area contributed by atoms with E-state index >= 15 is 0 Å². The molecule has 2 atom stereocenters. The quantitative estimate of drug-likeness (QED) is 0.593. The van der Waals surface area contributed by atoms with Gasteiger partial charge in [0.2, 0.25) is 0 Å². The summed E-state index contributed by atoms with van der Waals surface area (Å²) in [4.78, 5) is 2.34. The average molecular weight is 203 g/mol. The molecular formula is C10H17NOS. The zero-order chi connectivity index (χ0) is 12.3. The number of nitrogens with zero attached hydrogens (tertiary/aromatic N) is 1. The molecule has 0 aromatic carbocycles. The molecule has 0 N–H and O–H groups in total. The molecular weight excluding hydrogens is 182 g/mol. The maximum Gasteiger partial charge on any atom is 0.101 e. The summed E-state index contributed by atoms with van der Waals surface area (Å²) in [6, 6.07) is 0. The van der Waals surface area contributed by atoms with Crippen LogP contribution in [0.5, 0.6) is 0 Å².